The van der Waals surface area contributed by atoms with Crippen LogP contribution in [-0.4, -0.2) is 97.2 Å². The van der Waals surface area contributed by atoms with Gasteiger partial charge in [0.05, 0.1) is 41.9 Å². The first-order valence-corrected chi connectivity index (χ1v) is 23.0. The molecule has 3 aliphatic rings. The minimum Gasteiger partial charge on any atom is -0.398 e. The summed E-state index contributed by atoms with van der Waals surface area (Å²) in [5.74, 6) is 1.18. The second-order valence-corrected chi connectivity index (χ2v) is 18.8. The topological polar surface area (TPSA) is 89.3 Å². The lowest BCUT2D eigenvalue weighted by Gasteiger charge is -2.36. The molecule has 1 aromatic heterocycles. The summed E-state index contributed by atoms with van der Waals surface area (Å²) in [5.41, 5.74) is 6.12. The molecule has 1 saturated heterocycles. The first-order chi connectivity index (χ1) is 27.7. The Kier molecular flexibility index (Phi) is 14.3. The van der Waals surface area contributed by atoms with E-state index in [1.54, 1.807) is 4.90 Å². The number of anilines is 1. The van der Waals surface area contributed by atoms with Crippen LogP contribution in [0.4, 0.5) is 5.69 Å². The third-order valence-electron chi connectivity index (χ3n) is 11.4. The summed E-state index contributed by atoms with van der Waals surface area (Å²) in [6.07, 6.45) is 8.68. The van der Waals surface area contributed by atoms with Gasteiger partial charge < -0.3 is 23.3 Å². The summed E-state index contributed by atoms with van der Waals surface area (Å²) in [6.45, 7) is 16.1. The lowest BCUT2D eigenvalue weighted by atomic mass is 10.0. The normalized spacial score (nSPS) is 17.5. The number of hydrogen-bond donors (Lipinski definition) is 0. The maximum Gasteiger partial charge on any atom is 0.378 e. The van der Waals surface area contributed by atoms with Crippen molar-refractivity contribution >= 4 is 65.4 Å². The fourth-order valence-electron chi connectivity index (χ4n) is 8.44. The molecule has 4 heterocycles. The zero-order valence-corrected chi connectivity index (χ0v) is 36.2. The van der Waals surface area contributed by atoms with Gasteiger partial charge >= 0.3 is 5.89 Å². The Morgan fingerprint density at radius 2 is 1.77 bits per heavy atom. The summed E-state index contributed by atoms with van der Waals surface area (Å²) in [6, 6.07) is 22.6. The van der Waals surface area contributed by atoms with Crippen LogP contribution in [0.15, 0.2) is 63.9 Å². The maximum atomic E-state index is 12.8. The number of oxazole rings is 1. The number of thioether (sulfide) groups is 1. The van der Waals surface area contributed by atoms with Crippen molar-refractivity contribution in [3.63, 3.8) is 0 Å². The highest BCUT2D eigenvalue weighted by molar-refractivity contribution is 8.00. The number of hydrogen-bond acceptors (Lipinski definition) is 9. The molecule has 0 N–H and O–H groups in total. The van der Waals surface area contributed by atoms with Crippen molar-refractivity contribution in [2.24, 2.45) is 0 Å². The third-order valence-corrected chi connectivity index (χ3v) is 14.9. The second kappa shape index (κ2) is 19.5. The maximum absolute atomic E-state index is 12.8. The molecule has 304 valence electrons. The Bertz CT molecular complexity index is 2060. The zero-order chi connectivity index (χ0) is 39.9. The molecule has 0 radical (unpaired) electrons. The van der Waals surface area contributed by atoms with Crippen molar-refractivity contribution < 1.29 is 22.8 Å². The van der Waals surface area contributed by atoms with Gasteiger partial charge in [-0.2, -0.15) is 9.83 Å². The Morgan fingerprint density at radius 3 is 2.56 bits per heavy atom. The number of carbonyl (C=O) groups excluding carboxylic acids is 1. The quantitative estimate of drug-likeness (QED) is 0.0555. The third kappa shape index (κ3) is 9.87. The zero-order valence-electron chi connectivity index (χ0n) is 34.5. The molecule has 0 aliphatic carbocycles. The number of likely N-dealkylation sites (N-methyl/N-ethyl adjacent to an activating group) is 1. The van der Waals surface area contributed by atoms with E-state index in [0.717, 1.165) is 76.4 Å². The van der Waals surface area contributed by atoms with Crippen molar-refractivity contribution in [2.75, 3.05) is 64.4 Å². The molecule has 0 spiro atoms. The van der Waals surface area contributed by atoms with Gasteiger partial charge in [0.25, 0.3) is 14.0 Å². The van der Waals surface area contributed by atoms with Gasteiger partial charge in [-0.15, -0.1) is 11.8 Å². The number of nitrogens with zero attached hydrogens (tertiary/aromatic N) is 6. The van der Waals surface area contributed by atoms with Crippen LogP contribution in [0, 0.1) is 11.3 Å². The number of nitriles is 1. The average molecular weight is 812 g/mol. The summed E-state index contributed by atoms with van der Waals surface area (Å²) in [5, 5.41) is 11.9. The molecule has 4 aromatic rings. The van der Waals surface area contributed by atoms with Crippen LogP contribution < -0.4 is 9.47 Å². The number of piperazine rings is 1. The van der Waals surface area contributed by atoms with Crippen LogP contribution in [-0.2, 0) is 20.4 Å². The highest BCUT2D eigenvalue weighted by Crippen LogP contribution is 2.47. The SMILES string of the molecule is CC(C)N(C(C)C)P(OCCC#N)OCCN(C)C(=O)CCCCCCN1CCN(c2ccc3c(c2)SC2CC[n+]4c(oc5ccc6ccccc6c54)C2=C3)CC1. The fourth-order valence-corrected chi connectivity index (χ4v) is 11.3. The van der Waals surface area contributed by atoms with Gasteiger partial charge in [0.15, 0.2) is 6.54 Å². The minimum absolute atomic E-state index is 0.165. The van der Waals surface area contributed by atoms with E-state index < -0.39 is 8.53 Å². The molecular formula is C45H60N6O4PS+. The highest BCUT2D eigenvalue weighted by atomic mass is 32.2. The van der Waals surface area contributed by atoms with Crippen LogP contribution in [0.3, 0.4) is 0 Å². The molecule has 0 bridgehead atoms. The highest BCUT2D eigenvalue weighted by Gasteiger charge is 2.39. The number of amides is 1. The number of aromatic nitrogens is 1. The molecule has 0 saturated carbocycles. The van der Waals surface area contributed by atoms with Gasteiger partial charge in [0.1, 0.15) is 0 Å². The molecule has 3 aliphatic heterocycles. The van der Waals surface area contributed by atoms with Crippen molar-refractivity contribution in [2.45, 2.75) is 101 Å². The smallest absolute Gasteiger partial charge is 0.378 e. The standard InChI is InChI=1S/C45H60N6O4PS/c1-33(2)51(34(3)4)56(53-29-12-21-46)54-30-28-47(5)43(52)15-8-6-7-11-22-48-24-26-49(27-25-48)37-18-16-36-31-39-41(57-42(36)32-37)20-23-50-44-38-14-10-9-13-35(38)17-19-40(44)55-45(39)50/h9-10,13-14,16-19,31-34,41H,6-8,11-12,15,20,22-30H2,1-5H3/q+1. The Labute approximate surface area is 344 Å². The predicted octanol–water partition coefficient (Wildman–Crippen LogP) is 9.12. The van der Waals surface area contributed by atoms with E-state index in [9.17, 15) is 4.79 Å². The van der Waals surface area contributed by atoms with Crippen molar-refractivity contribution in [1.29, 1.82) is 5.26 Å². The molecule has 1 fully saturated rings. The van der Waals surface area contributed by atoms with Crippen LogP contribution in [0.5, 0.6) is 0 Å². The lowest BCUT2D eigenvalue weighted by molar-refractivity contribution is -0.681. The summed E-state index contributed by atoms with van der Waals surface area (Å²) in [7, 11) is 0.569. The largest absolute Gasteiger partial charge is 0.398 e. The number of fused-ring (bicyclic) bond motifs is 8. The van der Waals surface area contributed by atoms with E-state index in [1.807, 2.05) is 18.8 Å². The van der Waals surface area contributed by atoms with E-state index in [-0.39, 0.29) is 18.0 Å². The monoisotopic (exact) mass is 811 g/mol. The Morgan fingerprint density at radius 1 is 1.00 bits per heavy atom. The molecule has 2 atom stereocenters. The van der Waals surface area contributed by atoms with Gasteiger partial charge in [-0.1, -0.05) is 43.2 Å². The average Bonchev–Trinajstić information content (AvgIpc) is 3.61. The van der Waals surface area contributed by atoms with Gasteiger partial charge in [-0.25, -0.2) is 4.67 Å². The molecule has 2 unspecified atom stereocenters. The predicted molar refractivity (Wildman–Crippen MR) is 233 cm³/mol. The first-order valence-electron chi connectivity index (χ1n) is 21.0. The lowest BCUT2D eigenvalue weighted by Crippen LogP contribution is -2.46. The molecule has 1 amide bonds. The molecule has 7 rings (SSSR count). The van der Waals surface area contributed by atoms with Crippen LogP contribution in [0.2, 0.25) is 0 Å². The van der Waals surface area contributed by atoms with E-state index in [4.69, 9.17) is 18.7 Å². The van der Waals surface area contributed by atoms with Crippen LogP contribution in [0.25, 0.3) is 33.5 Å². The van der Waals surface area contributed by atoms with Crippen molar-refractivity contribution in [3.05, 3.63) is 66.1 Å². The molecule has 3 aromatic carbocycles. The number of aryl methyl sites for hydroxylation is 1. The van der Waals surface area contributed by atoms with Gasteiger partial charge in [0.2, 0.25) is 11.5 Å². The van der Waals surface area contributed by atoms with Crippen molar-refractivity contribution in [1.82, 2.24) is 14.5 Å². The Hall–Kier alpha value is -3.49. The summed E-state index contributed by atoms with van der Waals surface area (Å²) < 4.78 is 23.3. The second-order valence-electron chi connectivity index (χ2n) is 16.1. The minimum atomic E-state index is -1.29. The first kappa shape index (κ1) is 41.7. The van der Waals surface area contributed by atoms with Crippen molar-refractivity contribution in [3.8, 4) is 6.07 Å². The van der Waals surface area contributed by atoms with Crippen LogP contribution >= 0.6 is 20.3 Å². The molecule has 10 nitrogen and oxygen atoms in total. The van der Waals surface area contributed by atoms with Gasteiger partial charge in [-0.05, 0) is 88.4 Å². The van der Waals surface area contributed by atoms with Gasteiger partial charge in [-0.3, -0.25) is 9.69 Å². The summed E-state index contributed by atoms with van der Waals surface area (Å²) in [4.78, 5) is 21.1. The fraction of sp³-hybridized carbons (Fsp3) is 0.533. The van der Waals surface area contributed by atoms with E-state index in [0.29, 0.717) is 37.9 Å². The van der Waals surface area contributed by atoms with E-state index in [2.05, 4.69) is 113 Å². The van der Waals surface area contributed by atoms with Crippen LogP contribution in [0.1, 0.15) is 84.1 Å². The van der Waals surface area contributed by atoms with E-state index in [1.165, 1.54) is 44.4 Å². The number of unbranched alkanes of at least 4 members (excludes halogenated alkanes) is 3. The number of benzene rings is 3. The molecular weight excluding hydrogens is 752 g/mol. The number of carbonyl (C=O) groups is 1. The number of rotatable bonds is 18. The Balaban J connectivity index is 0.815. The van der Waals surface area contributed by atoms with E-state index >= 15 is 0 Å². The molecule has 12 heteroatoms. The van der Waals surface area contributed by atoms with Gasteiger partial charge in [0, 0.05) is 75.3 Å². The molecule has 57 heavy (non-hydrogen) atoms. The summed E-state index contributed by atoms with van der Waals surface area (Å²) >= 11 is 2.01.